The number of aryl methyl sites for hydroxylation is 1. The Kier molecular flexibility index (Phi) is 4.52. The van der Waals surface area contributed by atoms with Crippen molar-refractivity contribution < 1.29 is 13.6 Å². The zero-order valence-electron chi connectivity index (χ0n) is 12.7. The summed E-state index contributed by atoms with van der Waals surface area (Å²) in [4.78, 5) is 14.3. The number of piperidine rings is 1. The summed E-state index contributed by atoms with van der Waals surface area (Å²) in [6.07, 6.45) is 4.98. The molecule has 1 aliphatic rings. The Morgan fingerprint density at radius 1 is 1.32 bits per heavy atom. The molecule has 1 saturated heterocycles. The first kappa shape index (κ1) is 15.1. The Balaban J connectivity index is 1.64. The third-order valence-electron chi connectivity index (χ3n) is 3.79. The molecule has 0 radical (unpaired) electrons. The molecule has 118 valence electrons. The van der Waals surface area contributed by atoms with Crippen LogP contribution in [-0.2, 0) is 4.79 Å². The van der Waals surface area contributed by atoms with Crippen LogP contribution in [0.25, 0.3) is 11.5 Å². The molecule has 0 bridgehead atoms. The van der Waals surface area contributed by atoms with Crippen molar-refractivity contribution in [2.45, 2.75) is 43.6 Å². The van der Waals surface area contributed by atoms with E-state index in [-0.39, 0.29) is 11.2 Å². The SMILES string of the molecule is Cc1occc1-c1nnc(S[C@@H](C)C(=O)N2CCCCC2)o1. The fourth-order valence-corrected chi connectivity index (χ4v) is 3.31. The molecule has 3 heterocycles. The molecule has 1 aliphatic heterocycles. The number of hydrogen-bond acceptors (Lipinski definition) is 6. The number of rotatable bonds is 4. The minimum atomic E-state index is -0.225. The molecule has 1 atom stereocenters. The van der Waals surface area contributed by atoms with Crippen molar-refractivity contribution in [3.05, 3.63) is 18.1 Å². The van der Waals surface area contributed by atoms with Crippen molar-refractivity contribution in [3.8, 4) is 11.5 Å². The van der Waals surface area contributed by atoms with Crippen molar-refractivity contribution in [1.29, 1.82) is 0 Å². The second-order valence-corrected chi connectivity index (χ2v) is 6.70. The van der Waals surface area contributed by atoms with E-state index in [2.05, 4.69) is 10.2 Å². The molecule has 0 aromatic carbocycles. The summed E-state index contributed by atoms with van der Waals surface area (Å²) in [7, 11) is 0. The predicted molar refractivity (Wildman–Crippen MR) is 82.5 cm³/mol. The smallest absolute Gasteiger partial charge is 0.277 e. The Morgan fingerprint density at radius 3 is 2.77 bits per heavy atom. The summed E-state index contributed by atoms with van der Waals surface area (Å²) in [5, 5.41) is 8.22. The number of aromatic nitrogens is 2. The fraction of sp³-hybridized carbons (Fsp3) is 0.533. The molecule has 22 heavy (non-hydrogen) atoms. The van der Waals surface area contributed by atoms with E-state index >= 15 is 0 Å². The molecule has 6 nitrogen and oxygen atoms in total. The Labute approximate surface area is 133 Å². The summed E-state index contributed by atoms with van der Waals surface area (Å²) >= 11 is 1.31. The van der Waals surface area contributed by atoms with E-state index in [1.807, 2.05) is 18.7 Å². The number of carbonyl (C=O) groups excluding carboxylic acids is 1. The lowest BCUT2D eigenvalue weighted by molar-refractivity contribution is -0.131. The summed E-state index contributed by atoms with van der Waals surface area (Å²) in [6, 6.07) is 1.79. The summed E-state index contributed by atoms with van der Waals surface area (Å²) in [6.45, 7) is 5.43. The van der Waals surface area contributed by atoms with Gasteiger partial charge in [0.2, 0.25) is 5.91 Å². The van der Waals surface area contributed by atoms with E-state index in [0.717, 1.165) is 37.3 Å². The lowest BCUT2D eigenvalue weighted by Crippen LogP contribution is -2.40. The van der Waals surface area contributed by atoms with Gasteiger partial charge in [-0.1, -0.05) is 11.8 Å². The van der Waals surface area contributed by atoms with Crippen LogP contribution in [-0.4, -0.2) is 39.3 Å². The van der Waals surface area contributed by atoms with Gasteiger partial charge in [-0.3, -0.25) is 4.79 Å². The molecular formula is C15H19N3O3S. The molecule has 3 rings (SSSR count). The van der Waals surface area contributed by atoms with Crippen molar-refractivity contribution in [1.82, 2.24) is 15.1 Å². The second-order valence-electron chi connectivity index (χ2n) is 5.41. The lowest BCUT2D eigenvalue weighted by Gasteiger charge is -2.28. The average Bonchev–Trinajstić information content (AvgIpc) is 3.16. The van der Waals surface area contributed by atoms with Crippen LogP contribution in [0.1, 0.15) is 31.9 Å². The molecule has 0 spiro atoms. The predicted octanol–water partition coefficient (Wildman–Crippen LogP) is 3.13. The highest BCUT2D eigenvalue weighted by atomic mass is 32.2. The van der Waals surface area contributed by atoms with E-state index < -0.39 is 0 Å². The number of nitrogens with zero attached hydrogens (tertiary/aromatic N) is 3. The highest BCUT2D eigenvalue weighted by Crippen LogP contribution is 2.29. The molecule has 0 unspecified atom stereocenters. The van der Waals surface area contributed by atoms with E-state index in [4.69, 9.17) is 8.83 Å². The Bertz CT molecular complexity index is 646. The van der Waals surface area contributed by atoms with E-state index in [1.165, 1.54) is 18.2 Å². The quantitative estimate of drug-likeness (QED) is 0.806. The Morgan fingerprint density at radius 2 is 2.09 bits per heavy atom. The van der Waals surface area contributed by atoms with Gasteiger partial charge in [-0.15, -0.1) is 10.2 Å². The zero-order chi connectivity index (χ0) is 15.5. The van der Waals surface area contributed by atoms with Crippen LogP contribution in [0.3, 0.4) is 0 Å². The van der Waals surface area contributed by atoms with Crippen LogP contribution in [0.5, 0.6) is 0 Å². The molecule has 1 fully saturated rings. The minimum Gasteiger partial charge on any atom is -0.469 e. The Hall–Kier alpha value is -1.76. The van der Waals surface area contributed by atoms with Gasteiger partial charge in [-0.25, -0.2) is 0 Å². The van der Waals surface area contributed by atoms with Crippen molar-refractivity contribution >= 4 is 17.7 Å². The van der Waals surface area contributed by atoms with E-state index in [9.17, 15) is 4.79 Å². The number of likely N-dealkylation sites (tertiary alicyclic amines) is 1. The van der Waals surface area contributed by atoms with Gasteiger partial charge in [0.05, 0.1) is 17.1 Å². The van der Waals surface area contributed by atoms with E-state index in [1.54, 1.807) is 12.3 Å². The summed E-state index contributed by atoms with van der Waals surface area (Å²) in [5.41, 5.74) is 0.786. The lowest BCUT2D eigenvalue weighted by atomic mass is 10.1. The first-order chi connectivity index (χ1) is 10.6. The van der Waals surface area contributed by atoms with Gasteiger partial charge in [0.1, 0.15) is 5.76 Å². The highest BCUT2D eigenvalue weighted by molar-refractivity contribution is 8.00. The van der Waals surface area contributed by atoms with Gasteiger partial charge in [0.15, 0.2) is 0 Å². The third kappa shape index (κ3) is 3.19. The molecule has 1 amide bonds. The van der Waals surface area contributed by atoms with Gasteiger partial charge in [-0.2, -0.15) is 0 Å². The van der Waals surface area contributed by atoms with Crippen LogP contribution >= 0.6 is 11.8 Å². The first-order valence-electron chi connectivity index (χ1n) is 7.48. The molecule has 0 saturated carbocycles. The maximum atomic E-state index is 12.4. The molecular weight excluding hydrogens is 302 g/mol. The van der Waals surface area contributed by atoms with Gasteiger partial charge < -0.3 is 13.7 Å². The van der Waals surface area contributed by atoms with Gasteiger partial charge in [0, 0.05) is 13.1 Å². The number of furan rings is 1. The zero-order valence-corrected chi connectivity index (χ0v) is 13.6. The second kappa shape index (κ2) is 6.56. The topological polar surface area (TPSA) is 72.4 Å². The van der Waals surface area contributed by atoms with Crippen molar-refractivity contribution in [2.24, 2.45) is 0 Å². The number of carbonyl (C=O) groups is 1. The fourth-order valence-electron chi connectivity index (χ4n) is 2.55. The molecule has 2 aromatic heterocycles. The van der Waals surface area contributed by atoms with Crippen molar-refractivity contribution in [2.75, 3.05) is 13.1 Å². The van der Waals surface area contributed by atoms with Crippen LogP contribution < -0.4 is 0 Å². The van der Waals surface area contributed by atoms with Crippen LogP contribution in [0.15, 0.2) is 26.4 Å². The van der Waals surface area contributed by atoms with Gasteiger partial charge in [-0.05, 0) is 39.2 Å². The molecule has 0 N–H and O–H groups in total. The maximum Gasteiger partial charge on any atom is 0.277 e. The minimum absolute atomic E-state index is 0.143. The van der Waals surface area contributed by atoms with Crippen molar-refractivity contribution in [3.63, 3.8) is 0 Å². The molecule has 7 heteroatoms. The number of hydrogen-bond donors (Lipinski definition) is 0. The standard InChI is InChI=1S/C15H19N3O3S/c1-10-12(6-9-20-10)13-16-17-15(21-13)22-11(2)14(19)18-7-4-3-5-8-18/h6,9,11H,3-5,7-8H2,1-2H3/t11-/m0/s1. The first-order valence-corrected chi connectivity index (χ1v) is 8.36. The average molecular weight is 321 g/mol. The molecule has 2 aromatic rings. The van der Waals surface area contributed by atoms with Gasteiger partial charge in [0.25, 0.3) is 11.1 Å². The van der Waals surface area contributed by atoms with E-state index in [0.29, 0.717) is 11.1 Å². The normalized spacial score (nSPS) is 16.7. The third-order valence-corrected chi connectivity index (χ3v) is 4.71. The maximum absolute atomic E-state index is 12.4. The van der Waals surface area contributed by atoms with Crippen LogP contribution in [0.4, 0.5) is 0 Å². The number of thioether (sulfide) groups is 1. The number of amides is 1. The molecule has 0 aliphatic carbocycles. The monoisotopic (exact) mass is 321 g/mol. The van der Waals surface area contributed by atoms with Gasteiger partial charge >= 0.3 is 0 Å². The largest absolute Gasteiger partial charge is 0.469 e. The summed E-state index contributed by atoms with van der Waals surface area (Å²) < 4.78 is 10.9. The van der Waals surface area contributed by atoms with Crippen LogP contribution in [0, 0.1) is 6.92 Å². The summed E-state index contributed by atoms with van der Waals surface area (Å²) in [5.74, 6) is 1.30. The highest BCUT2D eigenvalue weighted by Gasteiger charge is 2.25. The van der Waals surface area contributed by atoms with Crippen LogP contribution in [0.2, 0.25) is 0 Å².